The van der Waals surface area contributed by atoms with Crippen LogP contribution in [0, 0.1) is 0 Å². The summed E-state index contributed by atoms with van der Waals surface area (Å²) in [6.45, 7) is 0. The average Bonchev–Trinajstić information content (AvgIpc) is 3.47. The summed E-state index contributed by atoms with van der Waals surface area (Å²) >= 11 is 0. The number of rotatable bonds is 12. The minimum Gasteiger partial charge on any atom is -0.255 e. The Labute approximate surface area is 516 Å². The fraction of sp³-hybridized carbons (Fsp3) is 0. The molecule has 0 N–H and O–H groups in total. The van der Waals surface area contributed by atoms with Gasteiger partial charge in [0.1, 0.15) is 0 Å². The standard InChI is InChI=1S/C80H52N8S/c1-5-23-53(24-6-1)65-49-73(69-35-13-17-43-81-69)85-77-61(65)39-41-63-67(51-75(87-79(63)77)71-37-15-19-45-83-71)55-27-21-33-59(47-55)89(57-29-9-3-10-30-57,58-31-11-4-12-32-58)60-34-22-28-56(48-60)68-52-76(72-38-16-20-46-84-72)88-80-64(68)42-40-62-66(54-25-7-2-8-26-54)50-74(86-78(62)80)70-36-14-18-44-82-70/h1-52H. The van der Waals surface area contributed by atoms with Gasteiger partial charge in [0, 0.05) is 65.9 Å². The van der Waals surface area contributed by atoms with E-state index < -0.39 is 10.0 Å². The van der Waals surface area contributed by atoms with E-state index in [1.165, 1.54) is 9.79 Å². The molecule has 0 aliphatic carbocycles. The summed E-state index contributed by atoms with van der Waals surface area (Å²) in [5, 5.41) is 3.93. The fourth-order valence-electron chi connectivity index (χ4n) is 12.5. The van der Waals surface area contributed by atoms with E-state index >= 15 is 0 Å². The molecule has 8 nitrogen and oxygen atoms in total. The van der Waals surface area contributed by atoms with Crippen LogP contribution in [0.1, 0.15) is 0 Å². The van der Waals surface area contributed by atoms with Crippen LogP contribution in [0.2, 0.25) is 0 Å². The summed E-state index contributed by atoms with van der Waals surface area (Å²) in [6.07, 6.45) is 7.29. The van der Waals surface area contributed by atoms with Crippen molar-refractivity contribution in [3.05, 3.63) is 316 Å². The van der Waals surface area contributed by atoms with Crippen LogP contribution in [0.3, 0.4) is 0 Å². The van der Waals surface area contributed by atoms with Gasteiger partial charge in [-0.15, -0.1) is 10.0 Å². The summed E-state index contributed by atoms with van der Waals surface area (Å²) < 4.78 is 0. The molecule has 0 aliphatic rings. The second-order valence-corrected chi connectivity index (χ2v) is 24.9. The highest BCUT2D eigenvalue weighted by atomic mass is 32.3. The lowest BCUT2D eigenvalue weighted by Gasteiger charge is -2.42. The van der Waals surface area contributed by atoms with Crippen LogP contribution in [0.5, 0.6) is 0 Å². The molecule has 16 rings (SSSR count). The van der Waals surface area contributed by atoms with Crippen molar-refractivity contribution >= 4 is 53.6 Å². The van der Waals surface area contributed by atoms with Crippen LogP contribution in [0.15, 0.2) is 336 Å². The second kappa shape index (κ2) is 22.6. The summed E-state index contributed by atoms with van der Waals surface area (Å²) in [4.78, 5) is 46.1. The molecule has 0 saturated carbocycles. The van der Waals surface area contributed by atoms with Gasteiger partial charge in [0.25, 0.3) is 0 Å². The van der Waals surface area contributed by atoms with Crippen LogP contribution >= 0.6 is 10.0 Å². The average molecular weight is 1160 g/mol. The predicted octanol–water partition coefficient (Wildman–Crippen LogP) is 20.1. The first-order chi connectivity index (χ1) is 44.1. The molecule has 8 heterocycles. The van der Waals surface area contributed by atoms with Crippen molar-refractivity contribution in [2.45, 2.75) is 19.6 Å². The van der Waals surface area contributed by atoms with Crippen LogP contribution in [0.4, 0.5) is 0 Å². The SMILES string of the molecule is c1ccc(-c2cc(-c3ccccn3)nc3c2ccc2c(-c4cccc(S(c5ccccc5)(c5ccccc5)c5cccc(-c6cc(-c7ccccn7)nc7c6ccc6c(-c8ccccc8)cc(-c8ccccn8)nc67)c5)c4)cc(-c4ccccn4)nc23)cc1. The van der Waals surface area contributed by atoms with E-state index in [1.807, 2.05) is 110 Å². The van der Waals surface area contributed by atoms with E-state index in [1.54, 1.807) is 0 Å². The van der Waals surface area contributed by atoms with Gasteiger partial charge in [0.05, 0.1) is 67.6 Å². The Morgan fingerprint density at radius 1 is 0.191 bits per heavy atom. The van der Waals surface area contributed by atoms with Crippen molar-refractivity contribution in [3.63, 3.8) is 0 Å². The van der Waals surface area contributed by atoms with Gasteiger partial charge in [-0.1, -0.05) is 170 Å². The second-order valence-electron chi connectivity index (χ2n) is 21.8. The molecule has 0 saturated heterocycles. The molecule has 8 aromatic carbocycles. The van der Waals surface area contributed by atoms with Crippen molar-refractivity contribution < 1.29 is 0 Å². The smallest absolute Gasteiger partial charge is 0.0979 e. The lowest BCUT2D eigenvalue weighted by molar-refractivity contribution is 1.24. The minimum absolute atomic E-state index is 0.747. The third kappa shape index (κ3) is 9.54. The predicted molar refractivity (Wildman–Crippen MR) is 362 cm³/mol. The highest BCUT2D eigenvalue weighted by Crippen LogP contribution is 2.74. The first-order valence-electron chi connectivity index (χ1n) is 29.6. The Morgan fingerprint density at radius 2 is 0.449 bits per heavy atom. The van der Waals surface area contributed by atoms with Crippen molar-refractivity contribution in [3.8, 4) is 90.1 Å². The number of hydrogen-bond acceptors (Lipinski definition) is 8. The molecule has 0 fully saturated rings. The van der Waals surface area contributed by atoms with Crippen LogP contribution in [-0.4, -0.2) is 39.9 Å². The Kier molecular flexibility index (Phi) is 13.5. The van der Waals surface area contributed by atoms with Gasteiger partial charge in [-0.2, -0.15) is 0 Å². The summed E-state index contributed by atoms with van der Waals surface area (Å²) in [5.41, 5.74) is 17.6. The van der Waals surface area contributed by atoms with Gasteiger partial charge in [-0.25, -0.2) is 19.9 Å². The minimum atomic E-state index is -2.31. The topological polar surface area (TPSA) is 103 Å². The van der Waals surface area contributed by atoms with E-state index in [0.717, 1.165) is 143 Å². The molecule has 0 bridgehead atoms. The van der Waals surface area contributed by atoms with Gasteiger partial charge in [-0.3, -0.25) is 19.9 Å². The van der Waals surface area contributed by atoms with Gasteiger partial charge < -0.3 is 0 Å². The zero-order chi connectivity index (χ0) is 59.1. The summed E-state index contributed by atoms with van der Waals surface area (Å²) in [5.74, 6) is 0. The molecular formula is C80H52N8S. The van der Waals surface area contributed by atoms with Crippen molar-refractivity contribution in [1.29, 1.82) is 0 Å². The molecule has 0 atom stereocenters. The summed E-state index contributed by atoms with van der Waals surface area (Å²) in [7, 11) is -2.31. The number of aromatic nitrogens is 8. The number of hydrogen-bond donors (Lipinski definition) is 0. The summed E-state index contributed by atoms with van der Waals surface area (Å²) in [6, 6.07) is 103. The van der Waals surface area contributed by atoms with E-state index in [4.69, 9.17) is 39.9 Å². The molecule has 9 heteroatoms. The number of nitrogens with zero attached hydrogens (tertiary/aromatic N) is 8. The maximum atomic E-state index is 5.53. The first-order valence-corrected chi connectivity index (χ1v) is 31.2. The fourth-order valence-corrected chi connectivity index (χ4v) is 16.4. The third-order valence-corrected chi connectivity index (χ3v) is 20.5. The van der Waals surface area contributed by atoms with Gasteiger partial charge in [0.2, 0.25) is 0 Å². The Hall–Kier alpha value is -11.7. The molecule has 0 unspecified atom stereocenters. The molecule has 16 aromatic rings. The highest BCUT2D eigenvalue weighted by Gasteiger charge is 2.34. The molecule has 418 valence electrons. The van der Waals surface area contributed by atoms with Gasteiger partial charge in [0.15, 0.2) is 0 Å². The van der Waals surface area contributed by atoms with Crippen molar-refractivity contribution in [2.75, 3.05) is 0 Å². The van der Waals surface area contributed by atoms with Gasteiger partial charge >= 0.3 is 0 Å². The monoisotopic (exact) mass is 1160 g/mol. The van der Waals surface area contributed by atoms with E-state index in [9.17, 15) is 0 Å². The zero-order valence-corrected chi connectivity index (χ0v) is 48.8. The van der Waals surface area contributed by atoms with Crippen molar-refractivity contribution in [2.24, 2.45) is 0 Å². The molecule has 89 heavy (non-hydrogen) atoms. The van der Waals surface area contributed by atoms with E-state index in [2.05, 4.69) is 206 Å². The molecular weight excluding hydrogens is 1110 g/mol. The highest BCUT2D eigenvalue weighted by molar-refractivity contribution is 8.34. The zero-order valence-electron chi connectivity index (χ0n) is 48.0. The number of pyridine rings is 8. The third-order valence-electron chi connectivity index (χ3n) is 16.6. The lowest BCUT2D eigenvalue weighted by atomic mass is 9.94. The molecule has 0 radical (unpaired) electrons. The molecule has 0 amide bonds. The molecule has 0 aliphatic heterocycles. The Balaban J connectivity index is 0.943. The number of benzene rings is 8. The van der Waals surface area contributed by atoms with Crippen LogP contribution < -0.4 is 0 Å². The molecule has 8 aromatic heterocycles. The Morgan fingerprint density at radius 3 is 0.742 bits per heavy atom. The van der Waals surface area contributed by atoms with Crippen molar-refractivity contribution in [1.82, 2.24) is 39.9 Å². The lowest BCUT2D eigenvalue weighted by Crippen LogP contribution is -2.06. The normalized spacial score (nSPS) is 11.8. The first kappa shape index (κ1) is 52.9. The molecule has 0 spiro atoms. The van der Waals surface area contributed by atoms with Crippen LogP contribution in [0.25, 0.3) is 134 Å². The maximum absolute atomic E-state index is 5.53. The largest absolute Gasteiger partial charge is 0.255 e. The quantitative estimate of drug-likeness (QED) is 0.111. The van der Waals surface area contributed by atoms with Gasteiger partial charge in [-0.05, 0) is 166 Å². The number of fused-ring (bicyclic) bond motifs is 6. The Bertz CT molecular complexity index is 4950. The maximum Gasteiger partial charge on any atom is 0.0979 e. The van der Waals surface area contributed by atoms with E-state index in [0.29, 0.717) is 0 Å². The van der Waals surface area contributed by atoms with Crippen LogP contribution in [-0.2, 0) is 0 Å². The van der Waals surface area contributed by atoms with E-state index in [-0.39, 0.29) is 0 Å².